The molecule has 1 amide bonds. The van der Waals surface area contributed by atoms with Crippen molar-refractivity contribution in [1.29, 1.82) is 0 Å². The molecule has 18 heavy (non-hydrogen) atoms. The fraction of sp³-hybridized carbons (Fsp3) is 0.188. The summed E-state index contributed by atoms with van der Waals surface area (Å²) in [7, 11) is 0. The van der Waals surface area contributed by atoms with Crippen molar-refractivity contribution in [2.24, 2.45) is 0 Å². The minimum Gasteiger partial charge on any atom is -0.280 e. The molecular weight excluding hydrogens is 222 g/mol. The molecule has 2 aromatic rings. The summed E-state index contributed by atoms with van der Waals surface area (Å²) >= 11 is 0. The fourth-order valence-electron chi connectivity index (χ4n) is 2.53. The first-order chi connectivity index (χ1) is 8.62. The third-order valence-electron chi connectivity index (χ3n) is 3.57. The van der Waals surface area contributed by atoms with Crippen molar-refractivity contribution in [3.05, 3.63) is 60.2 Å². The number of anilines is 2. The zero-order chi connectivity index (χ0) is 12.8. The quantitative estimate of drug-likeness (QED) is 0.741. The standard InChI is InChI=1S/C16H15NO/c1-16(2)13-10-6-7-11-14(13)17(15(16)18)12-8-4-3-5-9-12/h3-11H,1-2H3. The Morgan fingerprint density at radius 1 is 0.889 bits per heavy atom. The molecule has 0 atom stereocenters. The SMILES string of the molecule is CC1(C)C(=O)N(c2ccccc2)c2ccccc21. The Morgan fingerprint density at radius 2 is 1.50 bits per heavy atom. The Morgan fingerprint density at radius 3 is 2.22 bits per heavy atom. The molecule has 0 aliphatic carbocycles. The van der Waals surface area contributed by atoms with Gasteiger partial charge in [-0.1, -0.05) is 36.4 Å². The van der Waals surface area contributed by atoms with Crippen molar-refractivity contribution < 1.29 is 4.79 Å². The second-order valence-corrected chi connectivity index (χ2v) is 5.12. The highest BCUT2D eigenvalue weighted by Gasteiger charge is 2.44. The number of nitrogens with zero attached hydrogens (tertiary/aromatic N) is 1. The molecule has 0 N–H and O–H groups in total. The van der Waals surface area contributed by atoms with Gasteiger partial charge in [-0.05, 0) is 37.6 Å². The highest BCUT2D eigenvalue weighted by molar-refractivity contribution is 6.12. The van der Waals surface area contributed by atoms with Crippen molar-refractivity contribution in [2.75, 3.05) is 4.90 Å². The van der Waals surface area contributed by atoms with Crippen LogP contribution in [0.4, 0.5) is 11.4 Å². The minimum absolute atomic E-state index is 0.134. The largest absolute Gasteiger partial charge is 0.280 e. The molecule has 0 unspecified atom stereocenters. The van der Waals surface area contributed by atoms with Crippen LogP contribution < -0.4 is 4.90 Å². The summed E-state index contributed by atoms with van der Waals surface area (Å²) in [6.45, 7) is 3.97. The van der Waals surface area contributed by atoms with Gasteiger partial charge in [0, 0.05) is 5.69 Å². The number of hydrogen-bond donors (Lipinski definition) is 0. The molecule has 0 bridgehead atoms. The van der Waals surface area contributed by atoms with Crippen LogP contribution in [0.25, 0.3) is 0 Å². The van der Waals surface area contributed by atoms with Crippen LogP contribution in [0.2, 0.25) is 0 Å². The first-order valence-electron chi connectivity index (χ1n) is 6.11. The molecule has 3 rings (SSSR count). The van der Waals surface area contributed by atoms with Gasteiger partial charge in [-0.25, -0.2) is 0 Å². The lowest BCUT2D eigenvalue weighted by atomic mass is 9.86. The second kappa shape index (κ2) is 3.70. The molecular formula is C16H15NO. The van der Waals surface area contributed by atoms with E-state index in [0.29, 0.717) is 0 Å². The smallest absolute Gasteiger partial charge is 0.241 e. The molecule has 0 radical (unpaired) electrons. The molecule has 2 heteroatoms. The third-order valence-corrected chi connectivity index (χ3v) is 3.57. The van der Waals surface area contributed by atoms with Crippen molar-refractivity contribution in [1.82, 2.24) is 0 Å². The van der Waals surface area contributed by atoms with Crippen LogP contribution in [0.15, 0.2) is 54.6 Å². The van der Waals surface area contributed by atoms with Gasteiger partial charge in [0.05, 0.1) is 11.1 Å². The van der Waals surface area contributed by atoms with Crippen LogP contribution in [-0.4, -0.2) is 5.91 Å². The van der Waals surface area contributed by atoms with E-state index in [1.54, 1.807) is 0 Å². The Hall–Kier alpha value is -2.09. The number of carbonyl (C=O) groups is 1. The summed E-state index contributed by atoms with van der Waals surface area (Å²) < 4.78 is 0. The number of rotatable bonds is 1. The summed E-state index contributed by atoms with van der Waals surface area (Å²) in [6, 6.07) is 17.8. The predicted molar refractivity (Wildman–Crippen MR) is 73.1 cm³/mol. The van der Waals surface area contributed by atoms with E-state index in [2.05, 4.69) is 0 Å². The molecule has 2 aromatic carbocycles. The van der Waals surface area contributed by atoms with Crippen LogP contribution in [0.1, 0.15) is 19.4 Å². The van der Waals surface area contributed by atoms with Crippen molar-refractivity contribution in [2.45, 2.75) is 19.3 Å². The average molecular weight is 237 g/mol. The van der Waals surface area contributed by atoms with E-state index in [0.717, 1.165) is 16.9 Å². The maximum atomic E-state index is 12.6. The van der Waals surface area contributed by atoms with Gasteiger partial charge < -0.3 is 0 Å². The highest BCUT2D eigenvalue weighted by Crippen LogP contribution is 2.44. The molecule has 0 fully saturated rings. The summed E-state index contributed by atoms with van der Waals surface area (Å²) in [6.07, 6.45) is 0. The third kappa shape index (κ3) is 1.39. The van der Waals surface area contributed by atoms with E-state index in [9.17, 15) is 4.79 Å². The van der Waals surface area contributed by atoms with E-state index in [1.807, 2.05) is 73.3 Å². The minimum atomic E-state index is -0.452. The molecule has 90 valence electrons. The first kappa shape index (κ1) is 11.0. The molecule has 0 saturated carbocycles. The summed E-state index contributed by atoms with van der Waals surface area (Å²) in [5.41, 5.74) is 2.57. The highest BCUT2D eigenvalue weighted by atomic mass is 16.2. The van der Waals surface area contributed by atoms with E-state index in [-0.39, 0.29) is 5.91 Å². The number of para-hydroxylation sites is 2. The molecule has 1 aliphatic heterocycles. The van der Waals surface area contributed by atoms with Gasteiger partial charge in [-0.15, -0.1) is 0 Å². The Labute approximate surface area is 107 Å². The number of fused-ring (bicyclic) bond motifs is 1. The maximum absolute atomic E-state index is 12.6. The molecule has 1 heterocycles. The van der Waals surface area contributed by atoms with Crippen molar-refractivity contribution in [3.63, 3.8) is 0 Å². The number of hydrogen-bond acceptors (Lipinski definition) is 1. The second-order valence-electron chi connectivity index (χ2n) is 5.12. The molecule has 2 nitrogen and oxygen atoms in total. The topological polar surface area (TPSA) is 20.3 Å². The molecule has 0 spiro atoms. The normalized spacial score (nSPS) is 16.8. The van der Waals surface area contributed by atoms with Gasteiger partial charge in [0.25, 0.3) is 0 Å². The van der Waals surface area contributed by atoms with Gasteiger partial charge in [0.2, 0.25) is 5.91 Å². The zero-order valence-corrected chi connectivity index (χ0v) is 10.6. The predicted octanol–water partition coefficient (Wildman–Crippen LogP) is 3.64. The van der Waals surface area contributed by atoms with Gasteiger partial charge in [0.1, 0.15) is 0 Å². The fourth-order valence-corrected chi connectivity index (χ4v) is 2.53. The van der Waals surface area contributed by atoms with E-state index < -0.39 is 5.41 Å². The van der Waals surface area contributed by atoms with Crippen LogP contribution >= 0.6 is 0 Å². The van der Waals surface area contributed by atoms with Crippen molar-refractivity contribution >= 4 is 17.3 Å². The molecule has 0 aromatic heterocycles. The Balaban J connectivity index is 2.21. The monoisotopic (exact) mass is 237 g/mol. The van der Waals surface area contributed by atoms with E-state index in [1.165, 1.54) is 0 Å². The van der Waals surface area contributed by atoms with Gasteiger partial charge >= 0.3 is 0 Å². The number of amides is 1. The summed E-state index contributed by atoms with van der Waals surface area (Å²) in [5, 5.41) is 0. The lowest BCUT2D eigenvalue weighted by Gasteiger charge is -2.20. The van der Waals surface area contributed by atoms with E-state index >= 15 is 0 Å². The number of carbonyl (C=O) groups excluding carboxylic acids is 1. The summed E-state index contributed by atoms with van der Waals surface area (Å²) in [5.74, 6) is 0.134. The molecule has 0 saturated heterocycles. The van der Waals surface area contributed by atoms with Crippen LogP contribution in [0.3, 0.4) is 0 Å². The summed E-state index contributed by atoms with van der Waals surface area (Å²) in [4.78, 5) is 14.4. The Kier molecular flexibility index (Phi) is 2.27. The van der Waals surface area contributed by atoms with E-state index in [4.69, 9.17) is 0 Å². The first-order valence-corrected chi connectivity index (χ1v) is 6.11. The Bertz CT molecular complexity index is 602. The zero-order valence-electron chi connectivity index (χ0n) is 10.6. The van der Waals surface area contributed by atoms with Crippen LogP contribution in [0.5, 0.6) is 0 Å². The lowest BCUT2D eigenvalue weighted by molar-refractivity contribution is -0.121. The van der Waals surface area contributed by atoms with Crippen LogP contribution in [0, 0.1) is 0 Å². The van der Waals surface area contributed by atoms with Crippen molar-refractivity contribution in [3.8, 4) is 0 Å². The molecule has 1 aliphatic rings. The van der Waals surface area contributed by atoms with Gasteiger partial charge in [0.15, 0.2) is 0 Å². The van der Waals surface area contributed by atoms with Gasteiger partial charge in [-0.3, -0.25) is 9.69 Å². The lowest BCUT2D eigenvalue weighted by Crippen LogP contribution is -2.33. The number of benzene rings is 2. The van der Waals surface area contributed by atoms with Crippen LogP contribution in [-0.2, 0) is 10.2 Å². The maximum Gasteiger partial charge on any atom is 0.241 e. The average Bonchev–Trinajstić information content (AvgIpc) is 2.60. The van der Waals surface area contributed by atoms with Gasteiger partial charge in [-0.2, -0.15) is 0 Å².